The highest BCUT2D eigenvalue weighted by Crippen LogP contribution is 2.24. The molecule has 0 unspecified atom stereocenters. The summed E-state index contributed by atoms with van der Waals surface area (Å²) in [5.41, 5.74) is 6.48. The summed E-state index contributed by atoms with van der Waals surface area (Å²) in [7, 11) is 0. The van der Waals surface area contributed by atoms with E-state index in [0.717, 1.165) is 16.7 Å². The van der Waals surface area contributed by atoms with Crippen LogP contribution in [0.15, 0.2) is 66.7 Å². The van der Waals surface area contributed by atoms with Gasteiger partial charge in [-0.05, 0) is 67.3 Å². The molecule has 120 valence electrons. The number of hydrogen-bond donors (Lipinski definition) is 0. The molecule has 24 heavy (non-hydrogen) atoms. The lowest BCUT2D eigenvalue weighted by Crippen LogP contribution is -2.08. The Morgan fingerprint density at radius 1 is 0.708 bits per heavy atom. The Labute approximate surface area is 142 Å². The molecule has 0 heterocycles. The Balaban J connectivity index is 1.75. The number of carbonyl (C=O) groups is 1. The van der Waals surface area contributed by atoms with Crippen molar-refractivity contribution in [3.8, 4) is 16.9 Å². The van der Waals surface area contributed by atoms with E-state index in [1.807, 2.05) is 43.3 Å². The summed E-state index contributed by atoms with van der Waals surface area (Å²) >= 11 is 0. The Morgan fingerprint density at radius 2 is 1.33 bits per heavy atom. The van der Waals surface area contributed by atoms with E-state index in [1.165, 1.54) is 11.1 Å². The monoisotopic (exact) mass is 316 g/mol. The topological polar surface area (TPSA) is 26.3 Å². The van der Waals surface area contributed by atoms with Crippen molar-refractivity contribution in [3.63, 3.8) is 0 Å². The van der Waals surface area contributed by atoms with Crippen LogP contribution in [0.1, 0.15) is 27.0 Å². The van der Waals surface area contributed by atoms with E-state index in [1.54, 1.807) is 12.1 Å². The average Bonchev–Trinajstić information content (AvgIpc) is 2.58. The van der Waals surface area contributed by atoms with E-state index in [9.17, 15) is 4.79 Å². The van der Waals surface area contributed by atoms with Crippen LogP contribution in [0.2, 0.25) is 0 Å². The maximum atomic E-state index is 12.1. The third kappa shape index (κ3) is 3.54. The smallest absolute Gasteiger partial charge is 0.343 e. The van der Waals surface area contributed by atoms with Crippen LogP contribution in [0.3, 0.4) is 0 Å². The van der Waals surface area contributed by atoms with E-state index < -0.39 is 0 Å². The van der Waals surface area contributed by atoms with Gasteiger partial charge in [-0.3, -0.25) is 0 Å². The number of carbonyl (C=O) groups excluding carboxylic acids is 1. The van der Waals surface area contributed by atoms with Crippen LogP contribution in [0.25, 0.3) is 11.1 Å². The van der Waals surface area contributed by atoms with Gasteiger partial charge in [0.05, 0.1) is 5.56 Å². The predicted molar refractivity (Wildman–Crippen MR) is 97.5 cm³/mol. The zero-order valence-electron chi connectivity index (χ0n) is 14.2. The summed E-state index contributed by atoms with van der Waals surface area (Å²) in [6.45, 7) is 6.20. The van der Waals surface area contributed by atoms with Crippen molar-refractivity contribution >= 4 is 5.97 Å². The quantitative estimate of drug-likeness (QED) is 0.471. The summed E-state index contributed by atoms with van der Waals surface area (Å²) in [6, 6.07) is 21.4. The molecule has 3 aromatic rings. The Hall–Kier alpha value is -2.87. The zero-order valence-corrected chi connectivity index (χ0v) is 14.2. The maximum absolute atomic E-state index is 12.1. The second kappa shape index (κ2) is 6.71. The minimum Gasteiger partial charge on any atom is -0.423 e. The summed E-state index contributed by atoms with van der Waals surface area (Å²) in [6.07, 6.45) is 0. The molecule has 0 bridgehead atoms. The molecule has 2 heteroatoms. The van der Waals surface area contributed by atoms with Gasteiger partial charge in [0.1, 0.15) is 5.75 Å². The van der Waals surface area contributed by atoms with E-state index >= 15 is 0 Å². The van der Waals surface area contributed by atoms with Gasteiger partial charge < -0.3 is 4.74 Å². The Kier molecular flexibility index (Phi) is 4.48. The molecule has 0 amide bonds. The molecule has 3 aromatic carbocycles. The number of hydrogen-bond acceptors (Lipinski definition) is 2. The molecule has 0 spiro atoms. The molecule has 0 saturated carbocycles. The predicted octanol–water partition coefficient (Wildman–Crippen LogP) is 5.50. The zero-order chi connectivity index (χ0) is 17.1. The van der Waals surface area contributed by atoms with E-state index in [2.05, 4.69) is 32.0 Å². The van der Waals surface area contributed by atoms with Crippen LogP contribution < -0.4 is 4.74 Å². The first-order chi connectivity index (χ1) is 11.5. The van der Waals surface area contributed by atoms with Crippen molar-refractivity contribution in [1.29, 1.82) is 0 Å². The summed E-state index contributed by atoms with van der Waals surface area (Å²) in [5, 5.41) is 0. The van der Waals surface area contributed by atoms with Crippen molar-refractivity contribution in [3.05, 3.63) is 89.0 Å². The minimum absolute atomic E-state index is 0.339. The van der Waals surface area contributed by atoms with Crippen LogP contribution in [0.4, 0.5) is 0 Å². The Bertz CT molecular complexity index is 859. The van der Waals surface area contributed by atoms with E-state index in [-0.39, 0.29) is 5.97 Å². The lowest BCUT2D eigenvalue weighted by molar-refractivity contribution is 0.0735. The van der Waals surface area contributed by atoms with Gasteiger partial charge in [-0.2, -0.15) is 0 Å². The van der Waals surface area contributed by atoms with Gasteiger partial charge in [0, 0.05) is 0 Å². The van der Waals surface area contributed by atoms with Gasteiger partial charge in [0.25, 0.3) is 0 Å². The Morgan fingerprint density at radius 3 is 1.96 bits per heavy atom. The van der Waals surface area contributed by atoms with Crippen LogP contribution in [-0.2, 0) is 0 Å². The number of ether oxygens (including phenoxy) is 1. The van der Waals surface area contributed by atoms with Gasteiger partial charge >= 0.3 is 5.97 Å². The number of aryl methyl sites for hydroxylation is 3. The van der Waals surface area contributed by atoms with Crippen LogP contribution >= 0.6 is 0 Å². The molecule has 0 saturated heterocycles. The van der Waals surface area contributed by atoms with Gasteiger partial charge in [0.15, 0.2) is 0 Å². The summed E-state index contributed by atoms with van der Waals surface area (Å²) < 4.78 is 5.44. The molecule has 0 fully saturated rings. The second-order valence-corrected chi connectivity index (χ2v) is 6.08. The normalized spacial score (nSPS) is 10.5. The van der Waals surface area contributed by atoms with Crippen LogP contribution in [0, 0.1) is 20.8 Å². The fourth-order valence-electron chi connectivity index (χ4n) is 2.49. The van der Waals surface area contributed by atoms with Gasteiger partial charge in [-0.1, -0.05) is 48.0 Å². The molecular formula is C22H20O2. The standard InChI is InChI=1S/C22H20O2/c1-15-4-7-19(8-5-15)22(23)24-21-12-10-18(11-13-21)20-9-6-16(2)17(3)14-20/h4-14H,1-3H3. The minimum atomic E-state index is -0.339. The highest BCUT2D eigenvalue weighted by atomic mass is 16.5. The van der Waals surface area contributed by atoms with E-state index in [4.69, 9.17) is 4.74 Å². The molecule has 0 N–H and O–H groups in total. The molecule has 3 rings (SSSR count). The molecule has 0 aliphatic heterocycles. The summed E-state index contributed by atoms with van der Waals surface area (Å²) in [5.74, 6) is 0.210. The number of esters is 1. The van der Waals surface area contributed by atoms with Gasteiger partial charge in [-0.15, -0.1) is 0 Å². The molecular weight excluding hydrogens is 296 g/mol. The largest absolute Gasteiger partial charge is 0.423 e. The van der Waals surface area contributed by atoms with Crippen LogP contribution in [-0.4, -0.2) is 5.97 Å². The third-order valence-electron chi connectivity index (χ3n) is 4.19. The number of benzene rings is 3. The highest BCUT2D eigenvalue weighted by molar-refractivity contribution is 5.91. The van der Waals surface area contributed by atoms with Gasteiger partial charge in [0.2, 0.25) is 0 Å². The lowest BCUT2D eigenvalue weighted by atomic mass is 10.0. The summed E-state index contributed by atoms with van der Waals surface area (Å²) in [4.78, 5) is 12.1. The van der Waals surface area contributed by atoms with Gasteiger partial charge in [-0.25, -0.2) is 4.79 Å². The fourth-order valence-corrected chi connectivity index (χ4v) is 2.49. The van der Waals surface area contributed by atoms with Crippen molar-refractivity contribution in [1.82, 2.24) is 0 Å². The third-order valence-corrected chi connectivity index (χ3v) is 4.19. The molecule has 0 aliphatic rings. The van der Waals surface area contributed by atoms with E-state index in [0.29, 0.717) is 11.3 Å². The van der Waals surface area contributed by atoms with Crippen molar-refractivity contribution in [2.45, 2.75) is 20.8 Å². The lowest BCUT2D eigenvalue weighted by Gasteiger charge is -2.08. The van der Waals surface area contributed by atoms with Crippen molar-refractivity contribution in [2.75, 3.05) is 0 Å². The first-order valence-corrected chi connectivity index (χ1v) is 7.99. The first-order valence-electron chi connectivity index (χ1n) is 7.99. The van der Waals surface area contributed by atoms with Crippen LogP contribution in [0.5, 0.6) is 5.75 Å². The number of rotatable bonds is 3. The molecule has 0 aliphatic carbocycles. The molecule has 2 nitrogen and oxygen atoms in total. The molecule has 0 atom stereocenters. The van der Waals surface area contributed by atoms with Crippen molar-refractivity contribution in [2.24, 2.45) is 0 Å². The maximum Gasteiger partial charge on any atom is 0.343 e. The fraction of sp³-hybridized carbons (Fsp3) is 0.136. The first kappa shape index (κ1) is 16.0. The average molecular weight is 316 g/mol. The highest BCUT2D eigenvalue weighted by Gasteiger charge is 2.08. The van der Waals surface area contributed by atoms with Crippen molar-refractivity contribution < 1.29 is 9.53 Å². The SMILES string of the molecule is Cc1ccc(C(=O)Oc2ccc(-c3ccc(C)c(C)c3)cc2)cc1. The second-order valence-electron chi connectivity index (χ2n) is 6.08. The molecule has 0 radical (unpaired) electrons. The molecule has 0 aromatic heterocycles.